The summed E-state index contributed by atoms with van der Waals surface area (Å²) in [5, 5.41) is 0. The molecule has 0 spiro atoms. The van der Waals surface area contributed by atoms with E-state index < -0.39 is 36.3 Å². The average Bonchev–Trinajstić information content (AvgIpc) is 2.97. The Morgan fingerprint density at radius 1 is 1.54 bits per heavy atom. The van der Waals surface area contributed by atoms with E-state index in [1.165, 1.54) is 24.8 Å². The van der Waals surface area contributed by atoms with Crippen molar-refractivity contribution in [2.75, 3.05) is 19.5 Å². The zero-order valence-corrected chi connectivity index (χ0v) is 14.5. The molecule has 1 aromatic heterocycles. The second-order valence-electron chi connectivity index (χ2n) is 5.63. The van der Waals surface area contributed by atoms with Gasteiger partial charge >= 0.3 is 17.8 Å². The summed E-state index contributed by atoms with van der Waals surface area (Å²) in [6.07, 6.45) is 0.628. The van der Waals surface area contributed by atoms with E-state index in [0.29, 0.717) is 12.0 Å². The third-order valence-electron chi connectivity index (χ3n) is 3.72. The van der Waals surface area contributed by atoms with Gasteiger partial charge in [0, 0.05) is 25.1 Å². The van der Waals surface area contributed by atoms with E-state index in [4.69, 9.17) is 19.9 Å². The van der Waals surface area contributed by atoms with Crippen molar-refractivity contribution < 1.29 is 28.5 Å². The van der Waals surface area contributed by atoms with Crippen molar-refractivity contribution in [2.24, 2.45) is 0 Å². The third kappa shape index (κ3) is 4.60. The Hall–Kier alpha value is -2.88. The average molecular weight is 367 g/mol. The number of hydrogen-bond acceptors (Lipinski definition) is 9. The minimum Gasteiger partial charge on any atom is -0.458 e. The van der Waals surface area contributed by atoms with E-state index in [1.54, 1.807) is 6.08 Å². The van der Waals surface area contributed by atoms with Gasteiger partial charge in [0.05, 0.1) is 13.2 Å². The molecule has 0 aromatic carbocycles. The fourth-order valence-electron chi connectivity index (χ4n) is 2.62. The molecule has 1 aliphatic heterocycles. The van der Waals surface area contributed by atoms with Crippen LogP contribution in [0.3, 0.4) is 0 Å². The highest BCUT2D eigenvalue weighted by Crippen LogP contribution is 2.31. The third-order valence-corrected chi connectivity index (χ3v) is 3.72. The maximum Gasteiger partial charge on any atom is 0.508 e. The van der Waals surface area contributed by atoms with Gasteiger partial charge in [-0.05, 0) is 6.42 Å². The predicted octanol–water partition coefficient (Wildman–Crippen LogP) is 0.556. The number of nitrogens with two attached hydrogens (primary N) is 1. The molecule has 142 valence electrons. The predicted molar refractivity (Wildman–Crippen MR) is 89.2 cm³/mol. The Balaban J connectivity index is 2.27. The van der Waals surface area contributed by atoms with E-state index in [2.05, 4.69) is 16.3 Å². The lowest BCUT2D eigenvalue weighted by Crippen LogP contribution is -2.34. The van der Waals surface area contributed by atoms with Gasteiger partial charge in [0.25, 0.3) is 0 Å². The van der Waals surface area contributed by atoms with E-state index in [9.17, 15) is 14.4 Å². The molecule has 0 aliphatic carbocycles. The van der Waals surface area contributed by atoms with Crippen molar-refractivity contribution in [3.05, 3.63) is 34.9 Å². The smallest absolute Gasteiger partial charge is 0.458 e. The van der Waals surface area contributed by atoms with Gasteiger partial charge < -0.3 is 24.7 Å². The first-order valence-electron chi connectivity index (χ1n) is 7.87. The maximum absolute atomic E-state index is 12.3. The summed E-state index contributed by atoms with van der Waals surface area (Å²) in [4.78, 5) is 38.5. The van der Waals surface area contributed by atoms with Crippen LogP contribution in [0.4, 0.5) is 10.6 Å². The second-order valence-corrected chi connectivity index (χ2v) is 5.63. The largest absolute Gasteiger partial charge is 0.508 e. The number of allylic oxidation sites excluding steroid dienone is 1. The number of methoxy groups -OCH3 is 1. The Labute approximate surface area is 149 Å². The normalized spacial score (nSPS) is 21.8. The van der Waals surface area contributed by atoms with Crippen molar-refractivity contribution in [1.82, 2.24) is 9.55 Å². The first-order valence-corrected chi connectivity index (χ1v) is 7.87. The molecule has 0 amide bonds. The highest BCUT2D eigenvalue weighted by atomic mass is 16.7. The summed E-state index contributed by atoms with van der Waals surface area (Å²) < 4.78 is 21.5. The maximum atomic E-state index is 12.3. The van der Waals surface area contributed by atoms with Gasteiger partial charge in [-0.2, -0.15) is 4.98 Å². The van der Waals surface area contributed by atoms with Crippen LogP contribution in [0.2, 0.25) is 0 Å². The Morgan fingerprint density at radius 3 is 2.88 bits per heavy atom. The molecule has 2 heterocycles. The van der Waals surface area contributed by atoms with E-state index >= 15 is 0 Å². The lowest BCUT2D eigenvalue weighted by Gasteiger charge is -2.21. The molecule has 2 N–H and O–H groups in total. The minimum absolute atomic E-state index is 0.0961. The number of aromatic nitrogens is 2. The van der Waals surface area contributed by atoms with E-state index in [1.807, 2.05) is 0 Å². The molecule has 26 heavy (non-hydrogen) atoms. The quantitative estimate of drug-likeness (QED) is 0.565. The fraction of sp³-hybridized carbons (Fsp3) is 0.500. The monoisotopic (exact) mass is 367 g/mol. The molecule has 1 fully saturated rings. The topological polar surface area (TPSA) is 132 Å². The molecule has 10 heteroatoms. The van der Waals surface area contributed by atoms with E-state index in [-0.39, 0.29) is 18.8 Å². The number of rotatable bonds is 6. The Kier molecular flexibility index (Phi) is 6.34. The summed E-state index contributed by atoms with van der Waals surface area (Å²) in [5.41, 5.74) is 5.68. The first kappa shape index (κ1) is 19.4. The molecule has 0 radical (unpaired) electrons. The van der Waals surface area contributed by atoms with Crippen LogP contribution < -0.4 is 11.4 Å². The van der Waals surface area contributed by atoms with Crippen LogP contribution in [-0.4, -0.2) is 47.6 Å². The lowest BCUT2D eigenvalue weighted by atomic mass is 10.2. The number of nitrogen functional groups attached to an aromatic ring is 1. The fourth-order valence-corrected chi connectivity index (χ4v) is 2.62. The Morgan fingerprint density at radius 2 is 2.27 bits per heavy atom. The summed E-state index contributed by atoms with van der Waals surface area (Å²) in [6, 6.07) is 0. The van der Waals surface area contributed by atoms with Crippen LogP contribution in [0.15, 0.2) is 23.6 Å². The van der Waals surface area contributed by atoms with Crippen LogP contribution in [0.5, 0.6) is 0 Å². The first-order chi connectivity index (χ1) is 12.3. The van der Waals surface area contributed by atoms with Gasteiger partial charge in [-0.15, -0.1) is 6.58 Å². The molecule has 1 saturated heterocycles. The standard InChI is InChI=1S/C16H21N3O7/c1-4-5-10-7-19(15(21)18-13(10)17)14-12(25-9(2)20)6-11(26-14)8-24-16(22)23-3/h4,7,11-12,14H,1,5-6,8H2,2-3H3,(H2,17,18,21)/t11-,12+,14+/m0/s1. The molecule has 10 nitrogen and oxygen atoms in total. The molecule has 1 aromatic rings. The summed E-state index contributed by atoms with van der Waals surface area (Å²) >= 11 is 0. The zero-order chi connectivity index (χ0) is 19.3. The highest BCUT2D eigenvalue weighted by Gasteiger charge is 2.40. The number of hydrogen-bond donors (Lipinski definition) is 1. The van der Waals surface area contributed by atoms with Crippen LogP contribution in [0.25, 0.3) is 0 Å². The molecule has 3 atom stereocenters. The van der Waals surface area contributed by atoms with Gasteiger partial charge in [-0.25, -0.2) is 9.59 Å². The summed E-state index contributed by atoms with van der Waals surface area (Å²) in [6.45, 7) is 4.77. The molecule has 1 aliphatic rings. The molecule has 0 saturated carbocycles. The number of nitrogens with zero attached hydrogens (tertiary/aromatic N) is 2. The molecule has 0 unspecified atom stereocenters. The number of carbonyl (C=O) groups excluding carboxylic acids is 2. The van der Waals surface area contributed by atoms with Gasteiger partial charge in [0.2, 0.25) is 0 Å². The van der Waals surface area contributed by atoms with Gasteiger partial charge in [0.15, 0.2) is 6.23 Å². The molecule has 2 rings (SSSR count). The van der Waals surface area contributed by atoms with E-state index in [0.717, 1.165) is 0 Å². The van der Waals surface area contributed by atoms with Gasteiger partial charge in [0.1, 0.15) is 18.5 Å². The summed E-state index contributed by atoms with van der Waals surface area (Å²) in [5.74, 6) is -0.431. The lowest BCUT2D eigenvalue weighted by molar-refractivity contribution is -0.152. The Bertz CT molecular complexity index is 746. The number of carbonyl (C=O) groups is 2. The van der Waals surface area contributed by atoms with Crippen molar-refractivity contribution >= 4 is 17.9 Å². The van der Waals surface area contributed by atoms with Gasteiger partial charge in [-0.1, -0.05) is 6.08 Å². The second kappa shape index (κ2) is 8.48. The van der Waals surface area contributed by atoms with Crippen LogP contribution in [-0.2, 0) is 30.2 Å². The molecule has 0 bridgehead atoms. The number of ether oxygens (including phenoxy) is 4. The minimum atomic E-state index is -0.922. The molecular weight excluding hydrogens is 346 g/mol. The summed E-state index contributed by atoms with van der Waals surface area (Å²) in [7, 11) is 1.18. The highest BCUT2D eigenvalue weighted by molar-refractivity contribution is 5.66. The van der Waals surface area contributed by atoms with Gasteiger partial charge in [-0.3, -0.25) is 9.36 Å². The van der Waals surface area contributed by atoms with Crippen LogP contribution in [0, 0.1) is 0 Å². The van der Waals surface area contributed by atoms with Crippen molar-refractivity contribution in [3.8, 4) is 0 Å². The zero-order valence-electron chi connectivity index (χ0n) is 14.5. The van der Waals surface area contributed by atoms with Crippen LogP contribution in [0.1, 0.15) is 25.1 Å². The van der Waals surface area contributed by atoms with Crippen molar-refractivity contribution in [1.29, 1.82) is 0 Å². The van der Waals surface area contributed by atoms with Crippen LogP contribution >= 0.6 is 0 Å². The SMILES string of the molecule is C=CCc1cn([C@@H]2O[C@H](COC(=O)OC)C[C@H]2OC(C)=O)c(=O)nc1N. The number of anilines is 1. The van der Waals surface area contributed by atoms with Crippen molar-refractivity contribution in [2.45, 2.75) is 38.2 Å². The number of esters is 1. The van der Waals surface area contributed by atoms with Crippen molar-refractivity contribution in [3.63, 3.8) is 0 Å². The molecular formula is C16H21N3O7.